The van der Waals surface area contributed by atoms with Crippen molar-refractivity contribution in [2.75, 3.05) is 0 Å². The number of hydrogen-bond acceptors (Lipinski definition) is 3. The largest absolute Gasteiger partial charge is 0.462 e. The first kappa shape index (κ1) is 18.2. The first-order chi connectivity index (χ1) is 13.5. The molecule has 0 unspecified atom stereocenters. The third-order valence-corrected chi connectivity index (χ3v) is 4.83. The quantitative estimate of drug-likeness (QED) is 0.290. The first-order valence-corrected chi connectivity index (χ1v) is 9.35. The number of aryl methyl sites for hydroxylation is 2. The maximum Gasteiger partial charge on any atom is 0.188 e. The zero-order chi connectivity index (χ0) is 19.7. The maximum absolute atomic E-state index is 13.2. The predicted octanol–water partition coefficient (Wildman–Crippen LogP) is 6.66. The number of rotatable bonds is 4. The average Bonchev–Trinajstić information content (AvgIpc) is 3.11. The summed E-state index contributed by atoms with van der Waals surface area (Å²) in [5.41, 5.74) is 3.85. The minimum absolute atomic E-state index is 0.125. The van der Waals surface area contributed by atoms with Crippen LogP contribution in [0.1, 0.15) is 27.6 Å². The van der Waals surface area contributed by atoms with Gasteiger partial charge in [0.25, 0.3) is 0 Å². The van der Waals surface area contributed by atoms with Gasteiger partial charge in [0.15, 0.2) is 5.78 Å². The molecule has 138 valence electrons. The molecule has 0 spiro atoms. The van der Waals surface area contributed by atoms with Crippen molar-refractivity contribution >= 4 is 34.4 Å². The van der Waals surface area contributed by atoms with Crippen LogP contribution in [0.2, 0.25) is 5.02 Å². The third-order valence-electron chi connectivity index (χ3n) is 4.60. The van der Waals surface area contributed by atoms with Gasteiger partial charge in [0.1, 0.15) is 11.5 Å². The van der Waals surface area contributed by atoms with E-state index in [-0.39, 0.29) is 5.78 Å². The van der Waals surface area contributed by atoms with E-state index in [1.165, 1.54) is 6.08 Å². The molecular weight excluding hydrogens is 370 g/mol. The van der Waals surface area contributed by atoms with Crippen molar-refractivity contribution in [3.63, 3.8) is 0 Å². The van der Waals surface area contributed by atoms with E-state index in [4.69, 9.17) is 16.0 Å². The fourth-order valence-electron chi connectivity index (χ4n) is 3.35. The Bertz CT molecular complexity index is 1210. The zero-order valence-electron chi connectivity index (χ0n) is 15.6. The number of aromatic nitrogens is 1. The molecule has 4 rings (SSSR count). The summed E-state index contributed by atoms with van der Waals surface area (Å²) in [5, 5.41) is 1.46. The fraction of sp³-hybridized carbons (Fsp3) is 0.0833. The highest BCUT2D eigenvalue weighted by atomic mass is 35.5. The van der Waals surface area contributed by atoms with E-state index in [2.05, 4.69) is 4.98 Å². The Labute approximate surface area is 168 Å². The molecule has 2 aromatic carbocycles. The van der Waals surface area contributed by atoms with E-state index in [1.807, 2.05) is 74.5 Å². The molecule has 0 aliphatic carbocycles. The Balaban J connectivity index is 1.93. The summed E-state index contributed by atoms with van der Waals surface area (Å²) in [6.45, 7) is 3.73. The lowest BCUT2D eigenvalue weighted by atomic mass is 9.92. The highest BCUT2D eigenvalue weighted by Crippen LogP contribution is 2.35. The molecule has 4 heteroatoms. The molecule has 2 aromatic heterocycles. The molecule has 0 atom stereocenters. The summed E-state index contributed by atoms with van der Waals surface area (Å²) < 4.78 is 5.53. The lowest BCUT2D eigenvalue weighted by Gasteiger charge is -2.14. The van der Waals surface area contributed by atoms with Crippen molar-refractivity contribution in [3.8, 4) is 11.1 Å². The Kier molecular flexibility index (Phi) is 4.84. The van der Waals surface area contributed by atoms with Crippen molar-refractivity contribution in [1.29, 1.82) is 0 Å². The van der Waals surface area contributed by atoms with Gasteiger partial charge in [-0.3, -0.25) is 9.78 Å². The Hall–Kier alpha value is -3.17. The first-order valence-electron chi connectivity index (χ1n) is 8.97. The van der Waals surface area contributed by atoms with Gasteiger partial charge in [0.05, 0.1) is 11.1 Å². The summed E-state index contributed by atoms with van der Waals surface area (Å²) in [4.78, 5) is 17.8. The van der Waals surface area contributed by atoms with E-state index in [9.17, 15) is 4.79 Å². The highest BCUT2D eigenvalue weighted by molar-refractivity contribution is 6.31. The van der Waals surface area contributed by atoms with Crippen molar-refractivity contribution in [3.05, 3.63) is 94.5 Å². The lowest BCUT2D eigenvalue weighted by molar-refractivity contribution is 0.104. The topological polar surface area (TPSA) is 43.1 Å². The van der Waals surface area contributed by atoms with Crippen LogP contribution in [0.5, 0.6) is 0 Å². The van der Waals surface area contributed by atoms with E-state index in [1.54, 1.807) is 6.08 Å². The van der Waals surface area contributed by atoms with E-state index in [0.29, 0.717) is 22.0 Å². The molecule has 0 amide bonds. The second-order valence-corrected chi connectivity index (χ2v) is 7.06. The molecule has 0 radical (unpaired) electrons. The van der Waals surface area contributed by atoms with Gasteiger partial charge in [-0.05, 0) is 61.9 Å². The fourth-order valence-corrected chi connectivity index (χ4v) is 3.52. The predicted molar refractivity (Wildman–Crippen MR) is 114 cm³/mol. The number of carbonyl (C=O) groups is 1. The van der Waals surface area contributed by atoms with E-state index >= 15 is 0 Å². The van der Waals surface area contributed by atoms with E-state index < -0.39 is 0 Å². The number of fused-ring (bicyclic) bond motifs is 1. The van der Waals surface area contributed by atoms with Gasteiger partial charge in [0.2, 0.25) is 0 Å². The summed E-state index contributed by atoms with van der Waals surface area (Å²) in [7, 11) is 0. The zero-order valence-corrected chi connectivity index (χ0v) is 16.3. The number of halogens is 1. The molecule has 4 aromatic rings. The number of furan rings is 1. The van der Waals surface area contributed by atoms with Crippen LogP contribution in [0.3, 0.4) is 0 Å². The highest BCUT2D eigenvalue weighted by Gasteiger charge is 2.19. The van der Waals surface area contributed by atoms with Crippen molar-refractivity contribution < 1.29 is 9.21 Å². The summed E-state index contributed by atoms with van der Waals surface area (Å²) in [6.07, 6.45) is 3.22. The van der Waals surface area contributed by atoms with E-state index in [0.717, 1.165) is 27.8 Å². The molecule has 0 fully saturated rings. The molecule has 28 heavy (non-hydrogen) atoms. The van der Waals surface area contributed by atoms with Gasteiger partial charge < -0.3 is 4.42 Å². The molecule has 0 aliphatic heterocycles. The molecule has 2 heterocycles. The van der Waals surface area contributed by atoms with Crippen LogP contribution in [0, 0.1) is 13.8 Å². The smallest absolute Gasteiger partial charge is 0.188 e. The number of benzene rings is 2. The second-order valence-electron chi connectivity index (χ2n) is 6.62. The summed E-state index contributed by atoms with van der Waals surface area (Å²) >= 11 is 6.25. The van der Waals surface area contributed by atoms with Crippen molar-refractivity contribution in [2.24, 2.45) is 0 Å². The number of ketones is 1. The summed E-state index contributed by atoms with van der Waals surface area (Å²) in [6, 6.07) is 19.1. The SMILES string of the molecule is Cc1ccc(C=CC(=O)c2c(C)nc3ccc(Cl)cc3c2-c2ccccc2)o1. The normalized spacial score (nSPS) is 11.4. The Morgan fingerprint density at radius 3 is 2.54 bits per heavy atom. The van der Waals surface area contributed by atoms with Crippen molar-refractivity contribution in [1.82, 2.24) is 4.98 Å². The molecule has 0 aliphatic rings. The number of hydrogen-bond donors (Lipinski definition) is 0. The van der Waals surface area contributed by atoms with Gasteiger partial charge in [-0.2, -0.15) is 0 Å². The Morgan fingerprint density at radius 1 is 1.04 bits per heavy atom. The molecular formula is C24H18ClNO2. The maximum atomic E-state index is 13.2. The Morgan fingerprint density at radius 2 is 1.82 bits per heavy atom. The summed E-state index contributed by atoms with van der Waals surface area (Å²) in [5.74, 6) is 1.32. The van der Waals surface area contributed by atoms with Gasteiger partial charge in [-0.25, -0.2) is 0 Å². The van der Waals surface area contributed by atoms with Crippen LogP contribution < -0.4 is 0 Å². The van der Waals surface area contributed by atoms with Gasteiger partial charge in [-0.15, -0.1) is 0 Å². The second kappa shape index (κ2) is 7.45. The van der Waals surface area contributed by atoms with Crippen LogP contribution in [-0.2, 0) is 0 Å². The minimum Gasteiger partial charge on any atom is -0.462 e. The molecule has 0 bridgehead atoms. The number of pyridine rings is 1. The number of carbonyl (C=O) groups excluding carboxylic acids is 1. The van der Waals surface area contributed by atoms with Crippen molar-refractivity contribution in [2.45, 2.75) is 13.8 Å². The van der Waals surface area contributed by atoms with Gasteiger partial charge in [-0.1, -0.05) is 41.9 Å². The lowest BCUT2D eigenvalue weighted by Crippen LogP contribution is -2.05. The minimum atomic E-state index is -0.125. The molecule has 0 N–H and O–H groups in total. The van der Waals surface area contributed by atoms with Crippen LogP contribution in [0.25, 0.3) is 28.1 Å². The van der Waals surface area contributed by atoms with Crippen LogP contribution in [-0.4, -0.2) is 10.8 Å². The molecule has 3 nitrogen and oxygen atoms in total. The van der Waals surface area contributed by atoms with Gasteiger partial charge in [0, 0.05) is 21.7 Å². The number of nitrogens with zero attached hydrogens (tertiary/aromatic N) is 1. The monoisotopic (exact) mass is 387 g/mol. The molecule has 0 saturated heterocycles. The number of allylic oxidation sites excluding steroid dienone is 1. The average molecular weight is 388 g/mol. The van der Waals surface area contributed by atoms with Crippen LogP contribution >= 0.6 is 11.6 Å². The van der Waals surface area contributed by atoms with Gasteiger partial charge >= 0.3 is 0 Å². The molecule has 0 saturated carbocycles. The van der Waals surface area contributed by atoms with Crippen LogP contribution in [0.15, 0.2) is 71.2 Å². The third kappa shape index (κ3) is 3.49. The van der Waals surface area contributed by atoms with Crippen LogP contribution in [0.4, 0.5) is 0 Å². The standard InChI is InChI=1S/C24H18ClNO2/c1-15-8-10-19(28-15)11-13-22(27)23-16(2)26-21-12-9-18(25)14-20(21)24(23)17-6-4-3-5-7-17/h3-14H,1-2H3.